The van der Waals surface area contributed by atoms with Crippen molar-refractivity contribution in [2.45, 2.75) is 32.7 Å². The summed E-state index contributed by atoms with van der Waals surface area (Å²) in [6, 6.07) is 3.78. The lowest BCUT2D eigenvalue weighted by Gasteiger charge is -2.16. The van der Waals surface area contributed by atoms with Gasteiger partial charge in [-0.15, -0.1) is 0 Å². The van der Waals surface area contributed by atoms with Crippen LogP contribution in [-0.2, 0) is 0 Å². The summed E-state index contributed by atoms with van der Waals surface area (Å²) in [5, 5.41) is 11.9. The number of aromatic carboxylic acids is 1. The lowest BCUT2D eigenvalue weighted by atomic mass is 10.1. The first-order valence-corrected chi connectivity index (χ1v) is 5.34. The molecule has 0 saturated heterocycles. The van der Waals surface area contributed by atoms with Crippen LogP contribution in [0.3, 0.4) is 0 Å². The fraction of sp³-hybridized carbons (Fsp3) is 0.417. The number of nitrogens with one attached hydrogen (secondary N) is 1. The molecule has 0 aromatic heterocycles. The second-order valence-corrected chi connectivity index (χ2v) is 3.83. The van der Waals surface area contributed by atoms with Crippen LogP contribution in [0.25, 0.3) is 0 Å². The third-order valence-corrected chi connectivity index (χ3v) is 2.34. The Labute approximate surface area is 94.3 Å². The van der Waals surface area contributed by atoms with Gasteiger partial charge in [-0.25, -0.2) is 9.18 Å². The number of carboxylic acids is 1. The lowest BCUT2D eigenvalue weighted by molar-refractivity contribution is 0.0698. The van der Waals surface area contributed by atoms with Crippen molar-refractivity contribution in [2.24, 2.45) is 0 Å². The molecular weight excluding hydrogens is 209 g/mol. The van der Waals surface area contributed by atoms with Gasteiger partial charge >= 0.3 is 5.97 Å². The highest BCUT2D eigenvalue weighted by Crippen LogP contribution is 2.19. The van der Waals surface area contributed by atoms with Crippen LogP contribution in [0.2, 0.25) is 0 Å². The van der Waals surface area contributed by atoms with Crippen molar-refractivity contribution in [1.82, 2.24) is 0 Å². The molecule has 0 fully saturated rings. The van der Waals surface area contributed by atoms with Gasteiger partial charge < -0.3 is 10.4 Å². The molecule has 3 nitrogen and oxygen atoms in total. The monoisotopic (exact) mass is 225 g/mol. The Kier molecular flexibility index (Phi) is 4.28. The summed E-state index contributed by atoms with van der Waals surface area (Å²) in [4.78, 5) is 10.9. The Morgan fingerprint density at radius 1 is 1.56 bits per heavy atom. The molecule has 4 heteroatoms. The van der Waals surface area contributed by atoms with Gasteiger partial charge in [0.25, 0.3) is 0 Å². The molecule has 0 aliphatic heterocycles. The molecule has 0 bridgehead atoms. The van der Waals surface area contributed by atoms with E-state index in [1.54, 1.807) is 0 Å². The summed E-state index contributed by atoms with van der Waals surface area (Å²) in [6.07, 6.45) is 1.90. The predicted octanol–water partition coefficient (Wildman–Crippen LogP) is 3.12. The highest BCUT2D eigenvalue weighted by Gasteiger charge is 2.12. The van der Waals surface area contributed by atoms with Crippen LogP contribution >= 0.6 is 0 Å². The van der Waals surface area contributed by atoms with E-state index < -0.39 is 11.8 Å². The summed E-state index contributed by atoms with van der Waals surface area (Å²) in [5.41, 5.74) is 0.442. The number of hydrogen-bond donors (Lipinski definition) is 2. The van der Waals surface area contributed by atoms with Crippen LogP contribution < -0.4 is 5.32 Å². The maximum absolute atomic E-state index is 13.0. The Balaban J connectivity index is 2.92. The molecule has 1 aromatic rings. The summed E-state index contributed by atoms with van der Waals surface area (Å²) >= 11 is 0. The van der Waals surface area contributed by atoms with Gasteiger partial charge in [-0.2, -0.15) is 0 Å². The highest BCUT2D eigenvalue weighted by atomic mass is 19.1. The Hall–Kier alpha value is -1.58. The summed E-state index contributed by atoms with van der Waals surface area (Å²) in [5.74, 6) is -1.48. The predicted molar refractivity (Wildman–Crippen MR) is 61.4 cm³/mol. The molecule has 0 radical (unpaired) electrons. The second kappa shape index (κ2) is 5.49. The lowest BCUT2D eigenvalue weighted by Crippen LogP contribution is -2.17. The number of benzene rings is 1. The maximum atomic E-state index is 13.0. The van der Waals surface area contributed by atoms with E-state index in [1.165, 1.54) is 12.1 Å². The van der Waals surface area contributed by atoms with Crippen LogP contribution in [0.5, 0.6) is 0 Å². The Morgan fingerprint density at radius 2 is 2.25 bits per heavy atom. The van der Waals surface area contributed by atoms with Crippen LogP contribution in [0, 0.1) is 5.82 Å². The molecule has 1 atom stereocenters. The van der Waals surface area contributed by atoms with Gasteiger partial charge in [0.15, 0.2) is 0 Å². The molecule has 1 aromatic carbocycles. The normalized spacial score (nSPS) is 12.2. The van der Waals surface area contributed by atoms with Crippen molar-refractivity contribution in [3.05, 3.63) is 29.6 Å². The molecule has 2 N–H and O–H groups in total. The van der Waals surface area contributed by atoms with E-state index in [9.17, 15) is 9.18 Å². The fourth-order valence-electron chi connectivity index (χ4n) is 1.59. The third kappa shape index (κ3) is 3.22. The van der Waals surface area contributed by atoms with Crippen molar-refractivity contribution >= 4 is 11.7 Å². The average molecular weight is 225 g/mol. The summed E-state index contributed by atoms with van der Waals surface area (Å²) in [6.45, 7) is 3.99. The zero-order valence-corrected chi connectivity index (χ0v) is 9.46. The molecule has 0 heterocycles. The number of rotatable bonds is 5. The molecule has 1 rings (SSSR count). The van der Waals surface area contributed by atoms with Crippen LogP contribution in [-0.4, -0.2) is 17.1 Å². The standard InChI is InChI=1S/C12H16FNO2/c1-3-4-8(2)14-11-7-9(13)5-6-10(11)12(15)16/h5-8,14H,3-4H2,1-2H3,(H,15,16). The fourth-order valence-corrected chi connectivity index (χ4v) is 1.59. The topological polar surface area (TPSA) is 49.3 Å². The van der Waals surface area contributed by atoms with Gasteiger partial charge in [0, 0.05) is 6.04 Å². The zero-order chi connectivity index (χ0) is 12.1. The Bertz CT molecular complexity index is 379. The van der Waals surface area contributed by atoms with Crippen molar-refractivity contribution in [1.29, 1.82) is 0 Å². The van der Waals surface area contributed by atoms with Crippen LogP contribution in [0.4, 0.5) is 10.1 Å². The first kappa shape index (κ1) is 12.5. The SMILES string of the molecule is CCCC(C)Nc1cc(F)ccc1C(=O)O. The smallest absolute Gasteiger partial charge is 0.337 e. The molecular formula is C12H16FNO2. The minimum atomic E-state index is -1.05. The van der Waals surface area contributed by atoms with Crippen LogP contribution in [0.1, 0.15) is 37.0 Å². The minimum Gasteiger partial charge on any atom is -0.478 e. The maximum Gasteiger partial charge on any atom is 0.337 e. The van der Waals surface area contributed by atoms with Crippen LogP contribution in [0.15, 0.2) is 18.2 Å². The van der Waals surface area contributed by atoms with Gasteiger partial charge in [0.05, 0.1) is 11.3 Å². The second-order valence-electron chi connectivity index (χ2n) is 3.83. The van der Waals surface area contributed by atoms with Crippen molar-refractivity contribution in [3.8, 4) is 0 Å². The van der Waals surface area contributed by atoms with E-state index in [0.717, 1.165) is 18.9 Å². The van der Waals surface area contributed by atoms with E-state index in [2.05, 4.69) is 5.32 Å². The Morgan fingerprint density at radius 3 is 2.81 bits per heavy atom. The van der Waals surface area contributed by atoms with Gasteiger partial charge in [0.1, 0.15) is 5.82 Å². The number of halogens is 1. The molecule has 16 heavy (non-hydrogen) atoms. The van der Waals surface area contributed by atoms with Gasteiger partial charge in [-0.05, 0) is 31.5 Å². The average Bonchev–Trinajstić information content (AvgIpc) is 2.17. The third-order valence-electron chi connectivity index (χ3n) is 2.34. The van der Waals surface area contributed by atoms with Crippen molar-refractivity contribution < 1.29 is 14.3 Å². The highest BCUT2D eigenvalue weighted by molar-refractivity contribution is 5.94. The molecule has 88 valence electrons. The first-order chi connectivity index (χ1) is 7.54. The van der Waals surface area contributed by atoms with E-state index >= 15 is 0 Å². The molecule has 0 aliphatic rings. The number of carboxylic acid groups (broad SMARTS) is 1. The molecule has 0 spiro atoms. The van der Waals surface area contributed by atoms with E-state index in [0.29, 0.717) is 5.69 Å². The number of carbonyl (C=O) groups is 1. The van der Waals surface area contributed by atoms with Crippen molar-refractivity contribution in [2.75, 3.05) is 5.32 Å². The zero-order valence-electron chi connectivity index (χ0n) is 9.46. The van der Waals surface area contributed by atoms with E-state index in [1.807, 2.05) is 13.8 Å². The number of anilines is 1. The van der Waals surface area contributed by atoms with Gasteiger partial charge in [0.2, 0.25) is 0 Å². The molecule has 0 saturated carbocycles. The van der Waals surface area contributed by atoms with Gasteiger partial charge in [-0.3, -0.25) is 0 Å². The molecule has 0 amide bonds. The van der Waals surface area contributed by atoms with Crippen molar-refractivity contribution in [3.63, 3.8) is 0 Å². The van der Waals surface area contributed by atoms with E-state index in [4.69, 9.17) is 5.11 Å². The van der Waals surface area contributed by atoms with E-state index in [-0.39, 0.29) is 11.6 Å². The number of hydrogen-bond acceptors (Lipinski definition) is 2. The quantitative estimate of drug-likeness (QED) is 0.809. The molecule has 0 aliphatic carbocycles. The minimum absolute atomic E-state index is 0.101. The van der Waals surface area contributed by atoms with Gasteiger partial charge in [-0.1, -0.05) is 13.3 Å². The summed E-state index contributed by atoms with van der Waals surface area (Å²) < 4.78 is 13.0. The largest absolute Gasteiger partial charge is 0.478 e. The first-order valence-electron chi connectivity index (χ1n) is 5.34. The summed E-state index contributed by atoms with van der Waals surface area (Å²) in [7, 11) is 0. The molecule has 1 unspecified atom stereocenters.